The summed E-state index contributed by atoms with van der Waals surface area (Å²) in [6.45, 7) is 2.56. The molecule has 0 fully saturated rings. The first-order valence-electron chi connectivity index (χ1n) is 6.41. The molecular weight excluding hydrogens is 218 g/mol. The highest BCUT2D eigenvalue weighted by Gasteiger charge is 2.33. The van der Waals surface area contributed by atoms with Gasteiger partial charge in [-0.25, -0.2) is 0 Å². The van der Waals surface area contributed by atoms with E-state index in [0.717, 1.165) is 25.7 Å². The second-order valence-corrected chi connectivity index (χ2v) is 6.03. The summed E-state index contributed by atoms with van der Waals surface area (Å²) >= 11 is 0. The number of nitrogens with zero attached hydrogens (tertiary/aromatic N) is 1. The molecule has 0 saturated carbocycles. The number of unbranched alkanes of at least 4 members (excludes halogenated alkanes) is 3. The Hall–Kier alpha value is -0.610. The summed E-state index contributed by atoms with van der Waals surface area (Å²) in [6, 6.07) is 0. The molecule has 17 heavy (non-hydrogen) atoms. The SMILES string of the molecule is CCCCCC[C@@](O)(CC(=O)[O-])C[N+](C)(C)C. The van der Waals surface area contributed by atoms with E-state index in [9.17, 15) is 15.0 Å². The van der Waals surface area contributed by atoms with Gasteiger partial charge in [0.2, 0.25) is 0 Å². The summed E-state index contributed by atoms with van der Waals surface area (Å²) in [5.74, 6) is -1.17. The Kier molecular flexibility index (Phi) is 6.72. The standard InChI is InChI=1S/C13H27NO3/c1-5-6-7-8-9-13(17,10-12(15)16)11-14(2,3)4/h17H,5-11H2,1-4H3/t13-/m1/s1. The van der Waals surface area contributed by atoms with Gasteiger partial charge in [0.1, 0.15) is 12.1 Å². The van der Waals surface area contributed by atoms with Crippen molar-refractivity contribution in [3.8, 4) is 0 Å². The Morgan fingerprint density at radius 2 is 1.82 bits per heavy atom. The normalized spacial score (nSPS) is 15.6. The molecule has 102 valence electrons. The summed E-state index contributed by atoms with van der Waals surface area (Å²) < 4.78 is 0.553. The number of carboxylic acids is 1. The van der Waals surface area contributed by atoms with Gasteiger partial charge in [0.05, 0.1) is 21.1 Å². The maximum Gasteiger partial charge on any atom is 0.119 e. The van der Waals surface area contributed by atoms with Crippen LogP contribution in [0.5, 0.6) is 0 Å². The van der Waals surface area contributed by atoms with E-state index in [2.05, 4.69) is 6.92 Å². The third-order valence-corrected chi connectivity index (χ3v) is 2.74. The van der Waals surface area contributed by atoms with Gasteiger partial charge in [0.15, 0.2) is 0 Å². The minimum atomic E-state index is -1.17. The molecule has 0 aromatic heterocycles. The fourth-order valence-electron chi connectivity index (χ4n) is 2.26. The van der Waals surface area contributed by atoms with Gasteiger partial charge >= 0.3 is 0 Å². The molecule has 1 N–H and O–H groups in total. The van der Waals surface area contributed by atoms with Crippen molar-refractivity contribution in [3.63, 3.8) is 0 Å². The van der Waals surface area contributed by atoms with E-state index in [1.54, 1.807) is 0 Å². The number of carbonyl (C=O) groups is 1. The Labute approximate surface area is 105 Å². The van der Waals surface area contributed by atoms with Gasteiger partial charge < -0.3 is 19.5 Å². The van der Waals surface area contributed by atoms with Crippen LogP contribution in [0.3, 0.4) is 0 Å². The highest BCUT2D eigenvalue weighted by atomic mass is 16.4. The maximum absolute atomic E-state index is 10.7. The fourth-order valence-corrected chi connectivity index (χ4v) is 2.26. The molecule has 0 aliphatic carbocycles. The van der Waals surface area contributed by atoms with Crippen molar-refractivity contribution in [1.29, 1.82) is 0 Å². The van der Waals surface area contributed by atoms with Crippen molar-refractivity contribution in [1.82, 2.24) is 0 Å². The molecule has 4 heteroatoms. The largest absolute Gasteiger partial charge is 0.550 e. The number of aliphatic carboxylic acids is 1. The molecule has 0 amide bonds. The van der Waals surface area contributed by atoms with Crippen LogP contribution in [0.15, 0.2) is 0 Å². The first-order chi connectivity index (χ1) is 7.68. The van der Waals surface area contributed by atoms with Gasteiger partial charge in [-0.05, 0) is 6.42 Å². The predicted molar refractivity (Wildman–Crippen MR) is 66.2 cm³/mol. The van der Waals surface area contributed by atoms with Crippen LogP contribution in [0.25, 0.3) is 0 Å². The summed E-state index contributed by atoms with van der Waals surface area (Å²) in [5, 5.41) is 21.1. The molecule has 0 aliphatic rings. The highest BCUT2D eigenvalue weighted by molar-refractivity contribution is 5.65. The zero-order valence-electron chi connectivity index (χ0n) is 11.7. The Morgan fingerprint density at radius 3 is 2.24 bits per heavy atom. The van der Waals surface area contributed by atoms with E-state index in [4.69, 9.17) is 0 Å². The van der Waals surface area contributed by atoms with E-state index in [0.29, 0.717) is 17.4 Å². The van der Waals surface area contributed by atoms with E-state index in [1.807, 2.05) is 21.1 Å². The molecule has 0 radical (unpaired) electrons. The molecule has 0 aromatic rings. The quantitative estimate of drug-likeness (QED) is 0.476. The van der Waals surface area contributed by atoms with E-state index in [1.165, 1.54) is 0 Å². The van der Waals surface area contributed by atoms with E-state index < -0.39 is 11.6 Å². The Balaban J connectivity index is 4.34. The van der Waals surface area contributed by atoms with Gasteiger partial charge in [-0.15, -0.1) is 0 Å². The summed E-state index contributed by atoms with van der Waals surface area (Å²) in [7, 11) is 5.85. The van der Waals surface area contributed by atoms with E-state index >= 15 is 0 Å². The van der Waals surface area contributed by atoms with Crippen LogP contribution in [-0.2, 0) is 4.79 Å². The van der Waals surface area contributed by atoms with Crippen molar-refractivity contribution in [2.45, 2.75) is 51.0 Å². The van der Waals surface area contributed by atoms with Crippen molar-refractivity contribution in [2.75, 3.05) is 27.7 Å². The minimum absolute atomic E-state index is 0.269. The number of hydrogen-bond donors (Lipinski definition) is 1. The lowest BCUT2D eigenvalue weighted by atomic mass is 9.91. The third kappa shape index (κ3) is 9.12. The average Bonchev–Trinajstić information content (AvgIpc) is 2.07. The Morgan fingerprint density at radius 1 is 1.24 bits per heavy atom. The number of carbonyl (C=O) groups excluding carboxylic acids is 1. The van der Waals surface area contributed by atoms with Crippen molar-refractivity contribution >= 4 is 5.97 Å². The van der Waals surface area contributed by atoms with Crippen LogP contribution < -0.4 is 5.11 Å². The second-order valence-electron chi connectivity index (χ2n) is 6.03. The Bertz CT molecular complexity index is 235. The molecule has 0 unspecified atom stereocenters. The van der Waals surface area contributed by atoms with Crippen LogP contribution in [0.2, 0.25) is 0 Å². The molecule has 1 atom stereocenters. The van der Waals surface area contributed by atoms with Crippen molar-refractivity contribution < 1.29 is 19.5 Å². The van der Waals surface area contributed by atoms with Gasteiger partial charge in [0.25, 0.3) is 0 Å². The van der Waals surface area contributed by atoms with E-state index in [-0.39, 0.29) is 6.42 Å². The van der Waals surface area contributed by atoms with Crippen LogP contribution in [0.4, 0.5) is 0 Å². The molecule has 0 saturated heterocycles. The lowest BCUT2D eigenvalue weighted by molar-refractivity contribution is -0.877. The number of quaternary nitrogens is 1. The van der Waals surface area contributed by atoms with Crippen molar-refractivity contribution in [2.24, 2.45) is 0 Å². The number of likely N-dealkylation sites (N-methyl/N-ethyl adjacent to an activating group) is 1. The first kappa shape index (κ1) is 16.4. The minimum Gasteiger partial charge on any atom is -0.550 e. The first-order valence-corrected chi connectivity index (χ1v) is 6.41. The molecular formula is C13H27NO3. The molecule has 0 bridgehead atoms. The lowest BCUT2D eigenvalue weighted by Crippen LogP contribution is -2.51. The summed E-state index contributed by atoms with van der Waals surface area (Å²) in [6.07, 6.45) is 4.45. The zero-order chi connectivity index (χ0) is 13.5. The van der Waals surface area contributed by atoms with Crippen LogP contribution in [0.1, 0.15) is 45.4 Å². The fraction of sp³-hybridized carbons (Fsp3) is 0.923. The highest BCUT2D eigenvalue weighted by Crippen LogP contribution is 2.22. The van der Waals surface area contributed by atoms with Crippen molar-refractivity contribution in [3.05, 3.63) is 0 Å². The number of hydrogen-bond acceptors (Lipinski definition) is 3. The second kappa shape index (κ2) is 6.97. The molecule has 0 aliphatic heterocycles. The van der Waals surface area contributed by atoms with Gasteiger partial charge in [-0.3, -0.25) is 0 Å². The van der Waals surface area contributed by atoms with Crippen LogP contribution >= 0.6 is 0 Å². The molecule has 0 heterocycles. The van der Waals surface area contributed by atoms with Crippen LogP contribution in [0, 0.1) is 0 Å². The third-order valence-electron chi connectivity index (χ3n) is 2.74. The topological polar surface area (TPSA) is 60.4 Å². The summed E-state index contributed by atoms with van der Waals surface area (Å²) in [4.78, 5) is 10.7. The number of aliphatic hydroxyl groups is 1. The average molecular weight is 245 g/mol. The molecule has 0 aromatic carbocycles. The lowest BCUT2D eigenvalue weighted by Gasteiger charge is -2.36. The molecule has 0 rings (SSSR count). The number of rotatable bonds is 9. The van der Waals surface area contributed by atoms with Gasteiger partial charge in [-0.2, -0.15) is 0 Å². The maximum atomic E-state index is 10.7. The van der Waals surface area contributed by atoms with Gasteiger partial charge in [0, 0.05) is 12.4 Å². The van der Waals surface area contributed by atoms with Crippen LogP contribution in [-0.4, -0.2) is 48.8 Å². The monoisotopic (exact) mass is 245 g/mol. The summed E-state index contributed by atoms with van der Waals surface area (Å²) in [5.41, 5.74) is -1.13. The smallest absolute Gasteiger partial charge is 0.119 e. The number of carboxylic acid groups (broad SMARTS) is 1. The molecule has 0 spiro atoms. The zero-order valence-corrected chi connectivity index (χ0v) is 11.7. The van der Waals surface area contributed by atoms with Gasteiger partial charge in [-0.1, -0.05) is 32.6 Å². The predicted octanol–water partition coefficient (Wildman–Crippen LogP) is 0.534. The molecule has 4 nitrogen and oxygen atoms in total.